The lowest BCUT2D eigenvalue weighted by Crippen LogP contribution is -2.46. The molecule has 0 aliphatic carbocycles. The molecule has 2 unspecified atom stereocenters. The maximum Gasteiger partial charge on any atom is 0.329 e. The molecule has 4 fully saturated rings. The first-order valence-corrected chi connectivity index (χ1v) is 29.0. The van der Waals surface area contributed by atoms with Gasteiger partial charge in [-0.25, -0.2) is 9.59 Å². The topological polar surface area (TPSA) is 254 Å². The van der Waals surface area contributed by atoms with E-state index in [2.05, 4.69) is 10.6 Å². The van der Waals surface area contributed by atoms with Crippen molar-refractivity contribution in [1.29, 1.82) is 0 Å². The van der Waals surface area contributed by atoms with Gasteiger partial charge in [0.05, 0.1) is 78.8 Å². The number of ketones is 2. The van der Waals surface area contributed by atoms with Crippen molar-refractivity contribution in [2.24, 2.45) is 0 Å². The molecule has 0 saturated carbocycles. The number of fused-ring (bicyclic) bond motifs is 2. The van der Waals surface area contributed by atoms with E-state index in [0.29, 0.717) is 22.3 Å². The molecule has 0 spiro atoms. The molecule has 6 aromatic rings. The molecule has 0 radical (unpaired) electrons. The number of ether oxygens (including phenoxy) is 5. The number of hydrogen-bond donors (Lipinski definition) is 6. The molecule has 4 heterocycles. The number of amides is 2. The van der Waals surface area contributed by atoms with Crippen molar-refractivity contribution in [2.75, 3.05) is 26.4 Å². The minimum atomic E-state index is -1.17. The lowest BCUT2D eigenvalue weighted by Gasteiger charge is -2.23. The van der Waals surface area contributed by atoms with Crippen molar-refractivity contribution in [3.63, 3.8) is 0 Å². The number of aryl methyl sites for hydroxylation is 2. The van der Waals surface area contributed by atoms with Gasteiger partial charge in [0.15, 0.2) is 17.7 Å². The predicted octanol–water partition coefficient (Wildman–Crippen LogP) is 9.10. The zero-order valence-corrected chi connectivity index (χ0v) is 50.1. The summed E-state index contributed by atoms with van der Waals surface area (Å²) in [4.78, 5) is 76.6. The molecule has 448 valence electrons. The van der Waals surface area contributed by atoms with Crippen LogP contribution in [0.4, 0.5) is 0 Å². The van der Waals surface area contributed by atoms with Gasteiger partial charge in [0, 0.05) is 25.7 Å². The molecule has 85 heavy (non-hydrogen) atoms. The maximum atomic E-state index is 13.4. The van der Waals surface area contributed by atoms with Gasteiger partial charge in [0.25, 0.3) is 11.8 Å². The summed E-state index contributed by atoms with van der Waals surface area (Å²) >= 11 is 37.0. The summed E-state index contributed by atoms with van der Waals surface area (Å²) in [5.41, 5.74) is 5.20. The standard InChI is InChI=1S/C31H28Cl3NO7.C25H20Cl3NO4.C6H10O4/c1-16-4-2-5-19(32)26(16)30(38)35-22(31(39)42-25-15-41-28-24(37)14-40-29(25)28)12-17-8-10-18(11-9-17)13-23(36)27-20(33)6-3-7-21(27)34;1-14-4-2-5-17(26)22(14)24(31)29-20(25(32)33)12-15-8-10-16(11-9-15)13-21(30)23-18(27)6-3-7-19(23)28;7-3-1-9-6-4(8)2-10-5(3)6/h2-11,22,24-25,28-29,37H,12-15H2,1H3,(H,35,38);2-11,20H,12-13H2,1H3,(H,29,31)(H,32,33);3-8H,1-2H2/t22?,24-,25-,28+,29+;;3-,4+,5-,6-/m0.1/s1. The second kappa shape index (κ2) is 29.6. The number of hydrogen-bond acceptors (Lipinski definition) is 14. The zero-order chi connectivity index (χ0) is 61.2. The van der Waals surface area contributed by atoms with Crippen LogP contribution in [-0.4, -0.2) is 143 Å². The van der Waals surface area contributed by atoms with E-state index in [1.165, 1.54) is 0 Å². The van der Waals surface area contributed by atoms with E-state index >= 15 is 0 Å². The van der Waals surface area contributed by atoms with Crippen LogP contribution in [-0.2, 0) is 59.0 Å². The van der Waals surface area contributed by atoms with E-state index in [0.717, 1.165) is 11.1 Å². The molecule has 0 aromatic heterocycles. The molecule has 6 aromatic carbocycles. The lowest BCUT2D eigenvalue weighted by atomic mass is 9.99. The van der Waals surface area contributed by atoms with Gasteiger partial charge >= 0.3 is 11.9 Å². The molecule has 2 amide bonds. The molecule has 4 aliphatic rings. The van der Waals surface area contributed by atoms with E-state index in [4.69, 9.17) is 104 Å². The SMILES string of the molecule is Cc1cccc(Cl)c1C(=O)NC(Cc1ccc(CC(=O)c2c(Cl)cccc2Cl)cc1)C(=O)O.Cc1cccc(Cl)c1C(=O)NC(Cc1ccc(CC(=O)c2c(Cl)cccc2Cl)cc1)C(=O)O[C@H]1CO[C@H]2[C@@H]1OC[C@@H]2O.O[C@@H]1CO[C@H]2[C@@H]1OC[C@@H]2O. The van der Waals surface area contributed by atoms with Gasteiger partial charge < -0.3 is 54.7 Å². The summed E-state index contributed by atoms with van der Waals surface area (Å²) in [7, 11) is 0. The van der Waals surface area contributed by atoms with Gasteiger partial charge in [-0.05, 0) is 83.6 Å². The molecular weight excluding hydrogens is 1230 g/mol. The summed E-state index contributed by atoms with van der Waals surface area (Å²) in [5.74, 6) is -3.36. The number of carboxylic acids is 1. The fourth-order valence-corrected chi connectivity index (χ4v) is 11.9. The Morgan fingerprint density at radius 3 is 1.16 bits per heavy atom. The number of esters is 1. The highest BCUT2D eigenvalue weighted by Crippen LogP contribution is 2.32. The number of rotatable bonds is 17. The van der Waals surface area contributed by atoms with Gasteiger partial charge in [-0.15, -0.1) is 0 Å². The molecule has 17 nitrogen and oxygen atoms in total. The van der Waals surface area contributed by atoms with Crippen molar-refractivity contribution < 1.29 is 72.9 Å². The number of benzene rings is 6. The van der Waals surface area contributed by atoms with Crippen LogP contribution < -0.4 is 10.6 Å². The quantitative estimate of drug-likeness (QED) is 0.0368. The van der Waals surface area contributed by atoms with Crippen LogP contribution in [0.25, 0.3) is 0 Å². The van der Waals surface area contributed by atoms with E-state index in [9.17, 15) is 39.0 Å². The summed E-state index contributed by atoms with van der Waals surface area (Å²) < 4.78 is 27.0. The molecule has 4 saturated heterocycles. The van der Waals surface area contributed by atoms with Crippen LogP contribution >= 0.6 is 69.6 Å². The molecule has 10 rings (SSSR count). The van der Waals surface area contributed by atoms with Crippen LogP contribution in [0.15, 0.2) is 121 Å². The molecule has 0 bridgehead atoms. The molecular formula is C62H58Cl6N2O15. The second-order valence-electron chi connectivity index (χ2n) is 20.6. The Kier molecular flexibility index (Phi) is 22.6. The third-order valence-electron chi connectivity index (χ3n) is 14.5. The Morgan fingerprint density at radius 1 is 0.459 bits per heavy atom. The summed E-state index contributed by atoms with van der Waals surface area (Å²) in [6.07, 6.45) is -4.05. The third kappa shape index (κ3) is 16.3. The Balaban J connectivity index is 0.000000193. The number of halogens is 6. The monoisotopic (exact) mass is 1280 g/mol. The van der Waals surface area contributed by atoms with Crippen LogP contribution in [0.5, 0.6) is 0 Å². The average Bonchev–Trinajstić information content (AvgIpc) is 4.30. The van der Waals surface area contributed by atoms with E-state index in [-0.39, 0.29) is 128 Å². The molecule has 6 N–H and O–H groups in total. The highest BCUT2D eigenvalue weighted by molar-refractivity contribution is 6.40. The fraction of sp³-hybridized carbons (Fsp3) is 0.323. The van der Waals surface area contributed by atoms with E-state index < -0.39 is 72.5 Å². The van der Waals surface area contributed by atoms with Crippen LogP contribution in [0, 0.1) is 13.8 Å². The zero-order valence-electron chi connectivity index (χ0n) is 45.5. The normalized spacial score (nSPS) is 21.6. The van der Waals surface area contributed by atoms with Gasteiger partial charge in [-0.2, -0.15) is 0 Å². The highest BCUT2D eigenvalue weighted by atomic mass is 35.5. The first-order valence-electron chi connectivity index (χ1n) is 26.7. The van der Waals surface area contributed by atoms with Crippen molar-refractivity contribution in [1.82, 2.24) is 10.6 Å². The smallest absolute Gasteiger partial charge is 0.329 e. The van der Waals surface area contributed by atoms with E-state index in [1.807, 2.05) is 0 Å². The largest absolute Gasteiger partial charge is 0.480 e. The number of carboxylic acid groups (broad SMARTS) is 1. The predicted molar refractivity (Wildman–Crippen MR) is 319 cm³/mol. The number of aliphatic hydroxyl groups excluding tert-OH is 3. The van der Waals surface area contributed by atoms with Gasteiger partial charge in [-0.3, -0.25) is 19.2 Å². The minimum absolute atomic E-state index is 0.0646. The minimum Gasteiger partial charge on any atom is -0.480 e. The lowest BCUT2D eigenvalue weighted by molar-refractivity contribution is -0.156. The summed E-state index contributed by atoms with van der Waals surface area (Å²) in [6.45, 7) is 4.21. The highest BCUT2D eigenvalue weighted by Gasteiger charge is 2.50. The Hall–Kier alpha value is -6.00. The first kappa shape index (κ1) is 65.0. The van der Waals surface area contributed by atoms with Gasteiger partial charge in [-0.1, -0.05) is 155 Å². The summed E-state index contributed by atoms with van der Waals surface area (Å²) in [5, 5.41) is 44.9. The maximum absolute atomic E-state index is 13.4. The number of nitrogens with one attached hydrogen (secondary N) is 2. The van der Waals surface area contributed by atoms with Crippen LogP contribution in [0.2, 0.25) is 30.1 Å². The van der Waals surface area contributed by atoms with Crippen molar-refractivity contribution in [3.05, 3.63) is 207 Å². The Morgan fingerprint density at radius 2 is 0.776 bits per heavy atom. The average molecular weight is 1280 g/mol. The van der Waals surface area contributed by atoms with Crippen molar-refractivity contribution >= 4 is 105 Å². The number of carbonyl (C=O) groups excluding carboxylic acids is 5. The number of Topliss-reactive ketones (excluding diaryl/α,β-unsaturated/α-hetero) is 2. The Bertz CT molecular complexity index is 3330. The first-order chi connectivity index (χ1) is 40.6. The third-order valence-corrected chi connectivity index (χ3v) is 16.4. The molecule has 10 atom stereocenters. The number of aliphatic carboxylic acids is 1. The van der Waals surface area contributed by atoms with Crippen LogP contribution in [0.3, 0.4) is 0 Å². The Labute approximate surface area is 519 Å². The number of carbonyl (C=O) groups is 6. The van der Waals surface area contributed by atoms with Gasteiger partial charge in [0.1, 0.15) is 54.8 Å². The molecule has 23 heteroatoms. The second-order valence-corrected chi connectivity index (χ2v) is 23.0. The number of aliphatic hydroxyl groups is 3. The summed E-state index contributed by atoms with van der Waals surface area (Å²) in [6, 6.07) is 31.7. The molecule has 4 aliphatic heterocycles. The van der Waals surface area contributed by atoms with Crippen molar-refractivity contribution in [2.45, 2.75) is 100 Å². The fourth-order valence-electron chi connectivity index (χ4n) is 10.1. The van der Waals surface area contributed by atoms with Gasteiger partial charge in [0.2, 0.25) is 0 Å². The van der Waals surface area contributed by atoms with Crippen molar-refractivity contribution in [3.8, 4) is 0 Å². The van der Waals surface area contributed by atoms with Crippen LogP contribution in [0.1, 0.15) is 74.8 Å². The van der Waals surface area contributed by atoms with E-state index in [1.54, 1.807) is 135 Å².